The molecule has 0 aromatic heterocycles. The van der Waals surface area contributed by atoms with Gasteiger partial charge in [0.1, 0.15) is 0 Å². The third-order valence-corrected chi connectivity index (χ3v) is 5.11. The standard InChI is InChI=1S/C7H7NOS.C7H7NS/c9-10-5-8-6-3-1-2-4-7(6)10;1-2-4-7-6(3-1)8-5-9-7/h1-4,8H,5H2;1-4,8H,5H2. The molecule has 98 valence electrons. The molecule has 0 fully saturated rings. The van der Waals surface area contributed by atoms with E-state index >= 15 is 0 Å². The molecule has 2 aromatic carbocycles. The van der Waals surface area contributed by atoms with Gasteiger partial charge in [0.2, 0.25) is 0 Å². The fourth-order valence-electron chi connectivity index (χ4n) is 1.96. The maximum absolute atomic E-state index is 11.1. The Morgan fingerprint density at radius 1 is 0.947 bits per heavy atom. The van der Waals surface area contributed by atoms with Crippen LogP contribution in [0.1, 0.15) is 0 Å². The van der Waals surface area contributed by atoms with E-state index in [-0.39, 0.29) is 0 Å². The molecule has 0 saturated carbocycles. The van der Waals surface area contributed by atoms with Crippen molar-refractivity contribution in [3.05, 3.63) is 48.5 Å². The van der Waals surface area contributed by atoms with Gasteiger partial charge in [0.15, 0.2) is 0 Å². The van der Waals surface area contributed by atoms with E-state index in [1.54, 1.807) is 0 Å². The van der Waals surface area contributed by atoms with Crippen LogP contribution in [0.3, 0.4) is 0 Å². The molecule has 0 saturated heterocycles. The van der Waals surface area contributed by atoms with Gasteiger partial charge in [0, 0.05) is 10.6 Å². The van der Waals surface area contributed by atoms with Gasteiger partial charge in [-0.3, -0.25) is 4.21 Å². The second-order valence-corrected chi connectivity index (χ2v) is 6.56. The highest BCUT2D eigenvalue weighted by molar-refractivity contribution is 7.99. The van der Waals surface area contributed by atoms with Crippen molar-refractivity contribution >= 4 is 33.9 Å². The lowest BCUT2D eigenvalue weighted by molar-refractivity contribution is 0.686. The van der Waals surface area contributed by atoms with E-state index in [1.807, 2.05) is 36.0 Å². The van der Waals surface area contributed by atoms with Crippen molar-refractivity contribution in [2.24, 2.45) is 0 Å². The maximum atomic E-state index is 11.1. The van der Waals surface area contributed by atoms with E-state index in [1.165, 1.54) is 10.6 Å². The SMILES string of the molecule is O=S1CNc2ccccc21.c1ccc2c(c1)NCS2. The lowest BCUT2D eigenvalue weighted by atomic mass is 10.3. The largest absolute Gasteiger partial charge is 0.375 e. The number of anilines is 2. The number of hydrogen-bond donors (Lipinski definition) is 2. The van der Waals surface area contributed by atoms with Crippen LogP contribution in [-0.2, 0) is 10.8 Å². The van der Waals surface area contributed by atoms with Gasteiger partial charge in [-0.25, -0.2) is 0 Å². The lowest BCUT2D eigenvalue weighted by Crippen LogP contribution is -1.94. The van der Waals surface area contributed by atoms with Gasteiger partial charge in [0.25, 0.3) is 0 Å². The summed E-state index contributed by atoms with van der Waals surface area (Å²) in [6, 6.07) is 16.1. The Kier molecular flexibility index (Phi) is 3.75. The number of hydrogen-bond acceptors (Lipinski definition) is 4. The summed E-state index contributed by atoms with van der Waals surface area (Å²) in [4.78, 5) is 2.31. The summed E-state index contributed by atoms with van der Waals surface area (Å²) in [5.41, 5.74) is 2.29. The number of fused-ring (bicyclic) bond motifs is 2. The van der Waals surface area contributed by atoms with E-state index in [2.05, 4.69) is 34.9 Å². The smallest absolute Gasteiger partial charge is 0.0959 e. The van der Waals surface area contributed by atoms with Gasteiger partial charge in [-0.15, -0.1) is 11.8 Å². The van der Waals surface area contributed by atoms with Crippen LogP contribution in [0.4, 0.5) is 11.4 Å². The molecule has 0 radical (unpaired) electrons. The zero-order chi connectivity index (χ0) is 13.1. The zero-order valence-electron chi connectivity index (χ0n) is 10.3. The maximum Gasteiger partial charge on any atom is 0.0959 e. The molecule has 4 rings (SSSR count). The van der Waals surface area contributed by atoms with Crippen LogP contribution in [0.15, 0.2) is 58.3 Å². The summed E-state index contributed by atoms with van der Waals surface area (Å²) in [5.74, 6) is 1.60. The second-order valence-electron chi connectivity index (χ2n) is 4.12. The Morgan fingerprint density at radius 3 is 2.47 bits per heavy atom. The zero-order valence-corrected chi connectivity index (χ0v) is 11.9. The molecule has 2 aliphatic heterocycles. The first-order valence-corrected chi connectivity index (χ1v) is 8.32. The van der Waals surface area contributed by atoms with Crippen molar-refractivity contribution in [3.63, 3.8) is 0 Å². The molecule has 1 atom stereocenters. The Hall–Kier alpha value is -1.46. The number of para-hydroxylation sites is 2. The molecule has 5 heteroatoms. The number of thioether (sulfide) groups is 1. The predicted molar refractivity (Wildman–Crippen MR) is 82.1 cm³/mol. The monoisotopic (exact) mass is 290 g/mol. The van der Waals surface area contributed by atoms with Crippen LogP contribution in [0.25, 0.3) is 0 Å². The van der Waals surface area contributed by atoms with Crippen LogP contribution < -0.4 is 10.6 Å². The fourth-order valence-corrected chi connectivity index (χ4v) is 3.87. The van der Waals surface area contributed by atoms with Crippen LogP contribution in [0.2, 0.25) is 0 Å². The third-order valence-electron chi connectivity index (χ3n) is 2.90. The first kappa shape index (κ1) is 12.6. The molecule has 2 heterocycles. The van der Waals surface area contributed by atoms with Gasteiger partial charge in [0.05, 0.1) is 33.1 Å². The van der Waals surface area contributed by atoms with Gasteiger partial charge in [-0.05, 0) is 24.3 Å². The topological polar surface area (TPSA) is 41.1 Å². The minimum atomic E-state index is -0.809. The van der Waals surface area contributed by atoms with Crippen molar-refractivity contribution in [3.8, 4) is 0 Å². The Morgan fingerprint density at radius 2 is 1.68 bits per heavy atom. The van der Waals surface area contributed by atoms with Crippen molar-refractivity contribution < 1.29 is 4.21 Å². The predicted octanol–water partition coefficient (Wildman–Crippen LogP) is 3.34. The van der Waals surface area contributed by atoms with E-state index < -0.39 is 10.8 Å². The molecule has 0 bridgehead atoms. The molecule has 0 amide bonds. The summed E-state index contributed by atoms with van der Waals surface area (Å²) < 4.78 is 11.1. The quantitative estimate of drug-likeness (QED) is 0.781. The van der Waals surface area contributed by atoms with Crippen LogP contribution in [0.5, 0.6) is 0 Å². The van der Waals surface area contributed by atoms with Crippen molar-refractivity contribution in [2.75, 3.05) is 22.4 Å². The summed E-state index contributed by atoms with van der Waals surface area (Å²) in [5, 5.41) is 6.31. The highest BCUT2D eigenvalue weighted by atomic mass is 32.2. The van der Waals surface area contributed by atoms with Gasteiger partial charge in [-0.2, -0.15) is 0 Å². The molecular formula is C14H14N2OS2. The molecule has 2 aromatic rings. The fraction of sp³-hybridized carbons (Fsp3) is 0.143. The van der Waals surface area contributed by atoms with Crippen LogP contribution >= 0.6 is 11.8 Å². The van der Waals surface area contributed by atoms with E-state index in [0.29, 0.717) is 5.88 Å². The Balaban J connectivity index is 0.000000117. The highest BCUT2D eigenvalue weighted by Gasteiger charge is 2.15. The minimum absolute atomic E-state index is 0.569. The summed E-state index contributed by atoms with van der Waals surface area (Å²) in [6.07, 6.45) is 0. The van der Waals surface area contributed by atoms with E-state index in [9.17, 15) is 4.21 Å². The lowest BCUT2D eigenvalue weighted by Gasteiger charge is -1.92. The molecule has 2 aliphatic rings. The Bertz CT molecular complexity index is 593. The van der Waals surface area contributed by atoms with Gasteiger partial charge < -0.3 is 10.6 Å². The van der Waals surface area contributed by atoms with E-state index in [4.69, 9.17) is 0 Å². The third kappa shape index (κ3) is 2.77. The number of nitrogens with one attached hydrogen (secondary N) is 2. The van der Waals surface area contributed by atoms with Crippen molar-refractivity contribution in [1.29, 1.82) is 0 Å². The first-order valence-electron chi connectivity index (χ1n) is 6.01. The number of rotatable bonds is 0. The Labute approximate surface area is 119 Å². The summed E-state index contributed by atoms with van der Waals surface area (Å²) in [7, 11) is -0.809. The van der Waals surface area contributed by atoms with Crippen LogP contribution in [-0.4, -0.2) is 16.0 Å². The van der Waals surface area contributed by atoms with Crippen LogP contribution in [0, 0.1) is 0 Å². The van der Waals surface area contributed by atoms with Gasteiger partial charge >= 0.3 is 0 Å². The average molecular weight is 290 g/mol. The minimum Gasteiger partial charge on any atom is -0.375 e. The molecule has 1 unspecified atom stereocenters. The highest BCUT2D eigenvalue weighted by Crippen LogP contribution is 2.32. The summed E-state index contributed by atoms with van der Waals surface area (Å²) >= 11 is 1.86. The molecular weight excluding hydrogens is 276 g/mol. The normalized spacial score (nSPS) is 18.4. The van der Waals surface area contributed by atoms with E-state index in [0.717, 1.165) is 16.5 Å². The number of benzene rings is 2. The van der Waals surface area contributed by atoms with Crippen molar-refractivity contribution in [2.45, 2.75) is 9.79 Å². The second kappa shape index (κ2) is 5.67. The average Bonchev–Trinajstić information content (AvgIpc) is 3.07. The van der Waals surface area contributed by atoms with Crippen molar-refractivity contribution in [1.82, 2.24) is 0 Å². The van der Waals surface area contributed by atoms with Gasteiger partial charge in [-0.1, -0.05) is 24.3 Å². The molecule has 0 aliphatic carbocycles. The summed E-state index contributed by atoms with van der Waals surface area (Å²) in [6.45, 7) is 0. The first-order chi connectivity index (χ1) is 9.34. The molecule has 3 nitrogen and oxygen atoms in total. The molecule has 19 heavy (non-hydrogen) atoms. The molecule has 0 spiro atoms. The molecule has 2 N–H and O–H groups in total.